The maximum Gasteiger partial charge on any atom is 0.228 e. The van der Waals surface area contributed by atoms with Crippen molar-refractivity contribution in [3.63, 3.8) is 0 Å². The molecule has 2 rings (SSSR count). The summed E-state index contributed by atoms with van der Waals surface area (Å²) in [5.74, 6) is 1.52. The molecule has 2 heterocycles. The Labute approximate surface area is 138 Å². The fourth-order valence-corrected chi connectivity index (χ4v) is 3.08. The highest BCUT2D eigenvalue weighted by molar-refractivity contribution is 5.82. The first kappa shape index (κ1) is 17.5. The molecule has 6 heteroatoms. The van der Waals surface area contributed by atoms with Gasteiger partial charge in [0.1, 0.15) is 0 Å². The van der Waals surface area contributed by atoms with Crippen molar-refractivity contribution < 1.29 is 9.53 Å². The van der Waals surface area contributed by atoms with Gasteiger partial charge in [0.25, 0.3) is 0 Å². The Bertz CT molecular complexity index is 529. The average molecular weight is 320 g/mol. The normalized spacial score (nSPS) is 17.7. The van der Waals surface area contributed by atoms with Crippen LogP contribution in [-0.4, -0.2) is 54.1 Å². The molecule has 0 bridgehead atoms. The average Bonchev–Trinajstić information content (AvgIpc) is 2.61. The van der Waals surface area contributed by atoms with Crippen molar-refractivity contribution in [3.8, 4) is 5.88 Å². The molecule has 1 fully saturated rings. The van der Waals surface area contributed by atoms with Gasteiger partial charge in [0.05, 0.1) is 7.11 Å². The van der Waals surface area contributed by atoms with Crippen LogP contribution in [0.3, 0.4) is 0 Å². The number of methoxy groups -OCH3 is 1. The van der Waals surface area contributed by atoms with Crippen LogP contribution in [0.5, 0.6) is 5.88 Å². The van der Waals surface area contributed by atoms with E-state index < -0.39 is 0 Å². The second kappa shape index (κ2) is 7.62. The number of hydrogen-bond acceptors (Lipinski definition) is 5. The second-order valence-corrected chi connectivity index (χ2v) is 6.34. The number of nitrogens with zero attached hydrogens (tertiary/aromatic N) is 4. The Hall–Kier alpha value is -1.85. The molecule has 1 aromatic heterocycles. The summed E-state index contributed by atoms with van der Waals surface area (Å²) in [6, 6.07) is 1.74. The molecule has 0 spiro atoms. The van der Waals surface area contributed by atoms with Gasteiger partial charge in [-0.1, -0.05) is 27.2 Å². The molecule has 1 aliphatic rings. The van der Waals surface area contributed by atoms with Gasteiger partial charge >= 0.3 is 0 Å². The molecule has 1 aromatic rings. The largest absolute Gasteiger partial charge is 0.481 e. The van der Waals surface area contributed by atoms with Gasteiger partial charge in [0.2, 0.25) is 17.7 Å². The van der Waals surface area contributed by atoms with Crippen molar-refractivity contribution in [2.24, 2.45) is 5.41 Å². The van der Waals surface area contributed by atoms with Crippen LogP contribution in [0.25, 0.3) is 0 Å². The lowest BCUT2D eigenvalue weighted by molar-refractivity contribution is -0.142. The third-order valence-electron chi connectivity index (χ3n) is 4.77. The molecule has 1 saturated heterocycles. The van der Waals surface area contributed by atoms with Gasteiger partial charge in [-0.2, -0.15) is 4.98 Å². The minimum absolute atomic E-state index is 0.233. The molecule has 1 atom stereocenters. The molecule has 128 valence electrons. The van der Waals surface area contributed by atoms with E-state index in [9.17, 15) is 4.79 Å². The van der Waals surface area contributed by atoms with E-state index in [0.29, 0.717) is 11.8 Å². The molecule has 1 amide bonds. The van der Waals surface area contributed by atoms with Crippen molar-refractivity contribution >= 4 is 11.9 Å². The number of piperazine rings is 1. The number of aromatic nitrogens is 2. The van der Waals surface area contributed by atoms with Crippen LogP contribution >= 0.6 is 0 Å². The van der Waals surface area contributed by atoms with E-state index in [1.54, 1.807) is 19.4 Å². The predicted molar refractivity (Wildman–Crippen MR) is 90.7 cm³/mol. The molecule has 23 heavy (non-hydrogen) atoms. The highest BCUT2D eigenvalue weighted by Gasteiger charge is 2.35. The molecule has 0 aliphatic carbocycles. The van der Waals surface area contributed by atoms with Crippen LogP contribution in [0.4, 0.5) is 5.95 Å². The van der Waals surface area contributed by atoms with Crippen LogP contribution in [0.15, 0.2) is 12.3 Å². The minimum atomic E-state index is -0.233. The second-order valence-electron chi connectivity index (χ2n) is 6.34. The Morgan fingerprint density at radius 3 is 2.57 bits per heavy atom. The van der Waals surface area contributed by atoms with E-state index in [-0.39, 0.29) is 11.3 Å². The zero-order chi connectivity index (χ0) is 16.9. The van der Waals surface area contributed by atoms with E-state index >= 15 is 0 Å². The van der Waals surface area contributed by atoms with Crippen molar-refractivity contribution in [2.75, 3.05) is 38.2 Å². The maximum atomic E-state index is 12.8. The minimum Gasteiger partial charge on any atom is -0.481 e. The fraction of sp³-hybridized carbons (Fsp3) is 0.706. The summed E-state index contributed by atoms with van der Waals surface area (Å²) < 4.78 is 5.15. The van der Waals surface area contributed by atoms with Gasteiger partial charge < -0.3 is 14.5 Å². The number of carbonyl (C=O) groups is 1. The van der Waals surface area contributed by atoms with E-state index in [1.165, 1.54) is 0 Å². The van der Waals surface area contributed by atoms with Crippen LogP contribution < -0.4 is 9.64 Å². The number of amides is 1. The summed E-state index contributed by atoms with van der Waals surface area (Å²) >= 11 is 0. The highest BCUT2D eigenvalue weighted by Crippen LogP contribution is 2.30. The van der Waals surface area contributed by atoms with Gasteiger partial charge in [0.15, 0.2) is 0 Å². The topological polar surface area (TPSA) is 58.6 Å². The number of ether oxygens (including phenoxy) is 1. The standard InChI is InChI=1S/C17H28N4O2/c1-5-8-17(3,6-2)15(22)20-10-12-21(13-11-20)16-18-9-7-14(19-16)23-4/h7,9H,5-6,8,10-13H2,1-4H3. The summed E-state index contributed by atoms with van der Waals surface area (Å²) in [5, 5.41) is 0. The molecular weight excluding hydrogens is 292 g/mol. The monoisotopic (exact) mass is 320 g/mol. The third kappa shape index (κ3) is 3.92. The first-order chi connectivity index (χ1) is 11.0. The lowest BCUT2D eigenvalue weighted by atomic mass is 9.81. The Morgan fingerprint density at radius 1 is 1.30 bits per heavy atom. The molecule has 1 aliphatic heterocycles. The number of anilines is 1. The van der Waals surface area contributed by atoms with Gasteiger partial charge in [-0.05, 0) is 12.8 Å². The highest BCUT2D eigenvalue weighted by atomic mass is 16.5. The molecule has 0 radical (unpaired) electrons. The lowest BCUT2D eigenvalue weighted by Crippen LogP contribution is -2.53. The maximum absolute atomic E-state index is 12.8. The Morgan fingerprint density at radius 2 is 2.00 bits per heavy atom. The summed E-state index contributed by atoms with van der Waals surface area (Å²) in [4.78, 5) is 25.6. The number of carbonyl (C=O) groups excluding carboxylic acids is 1. The van der Waals surface area contributed by atoms with E-state index in [4.69, 9.17) is 4.74 Å². The molecular formula is C17H28N4O2. The van der Waals surface area contributed by atoms with Crippen molar-refractivity contribution in [1.29, 1.82) is 0 Å². The summed E-state index contributed by atoms with van der Waals surface area (Å²) in [7, 11) is 1.60. The van der Waals surface area contributed by atoms with Crippen LogP contribution in [0.2, 0.25) is 0 Å². The van der Waals surface area contributed by atoms with E-state index in [1.807, 2.05) is 4.90 Å². The SMILES string of the molecule is CCCC(C)(CC)C(=O)N1CCN(c2nccc(OC)n2)CC1. The van der Waals surface area contributed by atoms with Crippen molar-refractivity contribution in [2.45, 2.75) is 40.0 Å². The van der Waals surface area contributed by atoms with Gasteiger partial charge in [-0.15, -0.1) is 0 Å². The summed E-state index contributed by atoms with van der Waals surface area (Å²) in [5.41, 5.74) is -0.233. The summed E-state index contributed by atoms with van der Waals surface area (Å²) in [6.07, 6.45) is 4.57. The number of rotatable bonds is 6. The van der Waals surface area contributed by atoms with Crippen molar-refractivity contribution in [3.05, 3.63) is 12.3 Å². The Kier molecular flexibility index (Phi) is 5.80. The first-order valence-electron chi connectivity index (χ1n) is 8.45. The van der Waals surface area contributed by atoms with Gasteiger partial charge in [-0.3, -0.25) is 4.79 Å². The summed E-state index contributed by atoms with van der Waals surface area (Å²) in [6.45, 7) is 9.29. The van der Waals surface area contributed by atoms with Crippen molar-refractivity contribution in [1.82, 2.24) is 14.9 Å². The number of hydrogen-bond donors (Lipinski definition) is 0. The molecule has 0 aromatic carbocycles. The molecule has 0 saturated carbocycles. The zero-order valence-electron chi connectivity index (χ0n) is 14.7. The fourth-order valence-electron chi connectivity index (χ4n) is 3.08. The first-order valence-corrected chi connectivity index (χ1v) is 8.45. The quantitative estimate of drug-likeness (QED) is 0.805. The molecule has 6 nitrogen and oxygen atoms in total. The van der Waals surface area contributed by atoms with Crippen LogP contribution in [0.1, 0.15) is 40.0 Å². The van der Waals surface area contributed by atoms with E-state index in [2.05, 4.69) is 35.6 Å². The van der Waals surface area contributed by atoms with Crippen LogP contribution in [0, 0.1) is 5.41 Å². The van der Waals surface area contributed by atoms with E-state index in [0.717, 1.165) is 45.4 Å². The zero-order valence-corrected chi connectivity index (χ0v) is 14.7. The van der Waals surface area contributed by atoms with Crippen LogP contribution in [-0.2, 0) is 4.79 Å². The lowest BCUT2D eigenvalue weighted by Gasteiger charge is -2.39. The molecule has 0 N–H and O–H groups in total. The predicted octanol–water partition coefficient (Wildman–Crippen LogP) is 2.35. The van der Waals surface area contributed by atoms with Gasteiger partial charge in [0, 0.05) is 43.9 Å². The molecule has 1 unspecified atom stereocenters. The Balaban J connectivity index is 1.99. The third-order valence-corrected chi connectivity index (χ3v) is 4.77. The van der Waals surface area contributed by atoms with Gasteiger partial charge in [-0.25, -0.2) is 4.98 Å². The smallest absolute Gasteiger partial charge is 0.228 e.